The van der Waals surface area contributed by atoms with Gasteiger partial charge in [0.15, 0.2) is 0 Å². The molecule has 1 amide bonds. The summed E-state index contributed by atoms with van der Waals surface area (Å²) < 4.78 is 43.8. The van der Waals surface area contributed by atoms with Gasteiger partial charge in [-0.1, -0.05) is 12.1 Å². The molecule has 23 heavy (non-hydrogen) atoms. The molecular formula is C16H21F3N2O2. The topological polar surface area (TPSA) is 50.4 Å². The molecule has 0 spiro atoms. The number of carbonyl (C=O) groups is 1. The maximum Gasteiger partial charge on any atom is 0.419 e. The molecule has 1 aromatic rings. The summed E-state index contributed by atoms with van der Waals surface area (Å²) in [6.45, 7) is 2.61. The Morgan fingerprint density at radius 1 is 1.43 bits per heavy atom. The molecule has 2 unspecified atom stereocenters. The van der Waals surface area contributed by atoms with Gasteiger partial charge in [0.2, 0.25) is 5.91 Å². The van der Waals surface area contributed by atoms with Crippen molar-refractivity contribution in [3.05, 3.63) is 29.8 Å². The predicted molar refractivity (Wildman–Crippen MR) is 80.2 cm³/mol. The average molecular weight is 330 g/mol. The molecule has 1 aromatic carbocycles. The molecule has 128 valence electrons. The predicted octanol–water partition coefficient (Wildman–Crippen LogP) is 2.73. The van der Waals surface area contributed by atoms with Gasteiger partial charge in [0.25, 0.3) is 0 Å². The normalized spacial score (nSPS) is 19.4. The van der Waals surface area contributed by atoms with Crippen molar-refractivity contribution in [3.8, 4) is 5.75 Å². The van der Waals surface area contributed by atoms with E-state index in [1.807, 2.05) is 0 Å². The zero-order chi connectivity index (χ0) is 16.9. The highest BCUT2D eigenvalue weighted by molar-refractivity contribution is 5.76. The van der Waals surface area contributed by atoms with E-state index in [1.165, 1.54) is 18.2 Å². The molecule has 1 aliphatic heterocycles. The monoisotopic (exact) mass is 330 g/mol. The van der Waals surface area contributed by atoms with E-state index in [0.717, 1.165) is 25.5 Å². The van der Waals surface area contributed by atoms with Crippen LogP contribution in [-0.4, -0.2) is 31.1 Å². The second kappa shape index (κ2) is 7.68. The van der Waals surface area contributed by atoms with Crippen LogP contribution in [0.2, 0.25) is 0 Å². The van der Waals surface area contributed by atoms with Crippen LogP contribution in [0.25, 0.3) is 0 Å². The third-order valence-electron chi connectivity index (χ3n) is 3.68. The van der Waals surface area contributed by atoms with E-state index in [9.17, 15) is 18.0 Å². The Bertz CT molecular complexity index is 528. The first-order valence-electron chi connectivity index (χ1n) is 7.68. The summed E-state index contributed by atoms with van der Waals surface area (Å²) in [4.78, 5) is 11.9. The molecule has 1 fully saturated rings. The van der Waals surface area contributed by atoms with Crippen molar-refractivity contribution < 1.29 is 22.7 Å². The maximum absolute atomic E-state index is 12.9. The van der Waals surface area contributed by atoms with Crippen LogP contribution >= 0.6 is 0 Å². The molecule has 1 aliphatic rings. The number of rotatable bonds is 6. The third-order valence-corrected chi connectivity index (χ3v) is 3.68. The Hall–Kier alpha value is -1.76. The molecule has 1 saturated heterocycles. The van der Waals surface area contributed by atoms with Crippen molar-refractivity contribution in [2.45, 2.75) is 44.4 Å². The standard InChI is InChI=1S/C16H21F3N2O2/c1-11(21-15(22)9-12-5-4-8-20-12)10-23-14-7-3-2-6-13(14)16(17,18)19/h2-3,6-7,11-12,20H,4-5,8-10H2,1H3,(H,21,22). The summed E-state index contributed by atoms with van der Waals surface area (Å²) in [6, 6.07) is 4.87. The summed E-state index contributed by atoms with van der Waals surface area (Å²) in [5, 5.41) is 5.98. The van der Waals surface area contributed by atoms with E-state index in [0.29, 0.717) is 6.42 Å². The van der Waals surface area contributed by atoms with Crippen molar-refractivity contribution >= 4 is 5.91 Å². The van der Waals surface area contributed by atoms with Gasteiger partial charge in [0, 0.05) is 12.5 Å². The number of para-hydroxylation sites is 1. The van der Waals surface area contributed by atoms with E-state index in [-0.39, 0.29) is 30.3 Å². The molecular weight excluding hydrogens is 309 g/mol. The van der Waals surface area contributed by atoms with Crippen LogP contribution in [0.3, 0.4) is 0 Å². The number of alkyl halides is 3. The summed E-state index contributed by atoms with van der Waals surface area (Å²) in [5.41, 5.74) is -0.811. The van der Waals surface area contributed by atoms with E-state index in [1.54, 1.807) is 6.92 Å². The van der Waals surface area contributed by atoms with Gasteiger partial charge in [-0.05, 0) is 38.4 Å². The van der Waals surface area contributed by atoms with Gasteiger partial charge in [-0.15, -0.1) is 0 Å². The highest BCUT2D eigenvalue weighted by Crippen LogP contribution is 2.35. The number of halogens is 3. The minimum absolute atomic E-state index is 0.0169. The van der Waals surface area contributed by atoms with E-state index >= 15 is 0 Å². The summed E-state index contributed by atoms with van der Waals surface area (Å²) in [5.74, 6) is -0.344. The molecule has 0 bridgehead atoms. The fraction of sp³-hybridized carbons (Fsp3) is 0.562. The zero-order valence-electron chi connectivity index (χ0n) is 13.0. The first-order valence-corrected chi connectivity index (χ1v) is 7.68. The van der Waals surface area contributed by atoms with Crippen LogP contribution in [-0.2, 0) is 11.0 Å². The van der Waals surface area contributed by atoms with Crippen LogP contribution in [0.15, 0.2) is 24.3 Å². The molecule has 7 heteroatoms. The lowest BCUT2D eigenvalue weighted by Gasteiger charge is -2.18. The van der Waals surface area contributed by atoms with Gasteiger partial charge in [-0.3, -0.25) is 4.79 Å². The lowest BCUT2D eigenvalue weighted by Crippen LogP contribution is -2.39. The van der Waals surface area contributed by atoms with Gasteiger partial charge in [0.05, 0.1) is 11.6 Å². The van der Waals surface area contributed by atoms with Gasteiger partial charge >= 0.3 is 6.18 Å². The van der Waals surface area contributed by atoms with Gasteiger partial charge in [0.1, 0.15) is 12.4 Å². The van der Waals surface area contributed by atoms with E-state index in [2.05, 4.69) is 10.6 Å². The molecule has 2 atom stereocenters. The third kappa shape index (κ3) is 5.42. The molecule has 2 N–H and O–H groups in total. The first kappa shape index (κ1) is 17.6. The number of carbonyl (C=O) groups excluding carboxylic acids is 1. The van der Waals surface area contributed by atoms with Crippen LogP contribution < -0.4 is 15.4 Å². The Morgan fingerprint density at radius 3 is 2.83 bits per heavy atom. The van der Waals surface area contributed by atoms with Gasteiger partial charge < -0.3 is 15.4 Å². The van der Waals surface area contributed by atoms with Gasteiger partial charge in [-0.2, -0.15) is 13.2 Å². The number of amides is 1. The molecule has 0 aliphatic carbocycles. The number of hydrogen-bond acceptors (Lipinski definition) is 3. The van der Waals surface area contributed by atoms with Crippen molar-refractivity contribution in [2.75, 3.05) is 13.2 Å². The van der Waals surface area contributed by atoms with Crippen LogP contribution in [0, 0.1) is 0 Å². The largest absolute Gasteiger partial charge is 0.491 e. The second-order valence-corrected chi connectivity index (χ2v) is 5.77. The Labute approximate surface area is 133 Å². The number of benzene rings is 1. The highest BCUT2D eigenvalue weighted by Gasteiger charge is 2.34. The lowest BCUT2D eigenvalue weighted by atomic mass is 10.1. The SMILES string of the molecule is CC(COc1ccccc1C(F)(F)F)NC(=O)CC1CCCN1. The van der Waals surface area contributed by atoms with E-state index < -0.39 is 11.7 Å². The molecule has 0 radical (unpaired) electrons. The van der Waals surface area contributed by atoms with Crippen molar-refractivity contribution in [2.24, 2.45) is 0 Å². The van der Waals surface area contributed by atoms with Crippen LogP contribution in [0.4, 0.5) is 13.2 Å². The molecule has 0 aromatic heterocycles. The molecule has 2 rings (SSSR count). The lowest BCUT2D eigenvalue weighted by molar-refractivity contribution is -0.139. The Morgan fingerprint density at radius 2 is 2.17 bits per heavy atom. The quantitative estimate of drug-likeness (QED) is 0.843. The average Bonchev–Trinajstić information content (AvgIpc) is 2.97. The number of hydrogen-bond donors (Lipinski definition) is 2. The maximum atomic E-state index is 12.9. The summed E-state index contributed by atoms with van der Waals surface area (Å²) >= 11 is 0. The number of ether oxygens (including phenoxy) is 1. The van der Waals surface area contributed by atoms with E-state index in [4.69, 9.17) is 4.74 Å². The number of nitrogens with one attached hydrogen (secondary N) is 2. The van der Waals surface area contributed by atoms with Crippen molar-refractivity contribution in [1.29, 1.82) is 0 Å². The molecule has 1 heterocycles. The highest BCUT2D eigenvalue weighted by atomic mass is 19.4. The fourth-order valence-electron chi connectivity index (χ4n) is 2.57. The molecule has 0 saturated carbocycles. The summed E-state index contributed by atoms with van der Waals surface area (Å²) in [6.07, 6.45) is -2.05. The van der Waals surface area contributed by atoms with Crippen molar-refractivity contribution in [1.82, 2.24) is 10.6 Å². The fourth-order valence-corrected chi connectivity index (χ4v) is 2.57. The summed E-state index contributed by atoms with van der Waals surface area (Å²) in [7, 11) is 0. The Balaban J connectivity index is 1.82. The minimum atomic E-state index is -4.46. The van der Waals surface area contributed by atoms with Gasteiger partial charge in [-0.25, -0.2) is 0 Å². The first-order chi connectivity index (χ1) is 10.9. The van der Waals surface area contributed by atoms with Crippen LogP contribution in [0.1, 0.15) is 31.7 Å². The molecule has 4 nitrogen and oxygen atoms in total. The Kier molecular flexibility index (Phi) is 5.87. The van der Waals surface area contributed by atoms with Crippen LogP contribution in [0.5, 0.6) is 5.75 Å². The minimum Gasteiger partial charge on any atom is -0.491 e. The van der Waals surface area contributed by atoms with Crippen molar-refractivity contribution in [3.63, 3.8) is 0 Å². The second-order valence-electron chi connectivity index (χ2n) is 5.77. The smallest absolute Gasteiger partial charge is 0.419 e. The zero-order valence-corrected chi connectivity index (χ0v) is 13.0.